The number of pyridine rings is 1. The lowest BCUT2D eigenvalue weighted by Crippen LogP contribution is -2.21. The fraction of sp³-hybridized carbons (Fsp3) is 0.174. The van der Waals surface area contributed by atoms with Crippen molar-refractivity contribution in [1.82, 2.24) is 4.98 Å². The Morgan fingerprint density at radius 3 is 1.92 bits per heavy atom. The van der Waals surface area contributed by atoms with Crippen LogP contribution >= 0.6 is 0 Å². The molecule has 0 aliphatic rings. The van der Waals surface area contributed by atoms with E-state index in [1.54, 1.807) is 0 Å². The van der Waals surface area contributed by atoms with Crippen LogP contribution in [0, 0.1) is 0 Å². The molecule has 0 aliphatic heterocycles. The largest absolute Gasteiger partial charge is 0.372 e. The van der Waals surface area contributed by atoms with Gasteiger partial charge in [-0.1, -0.05) is 48.5 Å². The highest BCUT2D eigenvalue weighted by Crippen LogP contribution is 2.36. The SMILES string of the molecule is CCN(CC)c1cccc(-c2c3ccccc3nc3ccccc23)c1. The summed E-state index contributed by atoms with van der Waals surface area (Å²) in [5.74, 6) is 0. The Bertz CT molecular complexity index is 978. The molecule has 1 aromatic heterocycles. The highest BCUT2D eigenvalue weighted by atomic mass is 15.1. The van der Waals surface area contributed by atoms with Crippen molar-refractivity contribution >= 4 is 27.5 Å². The Labute approximate surface area is 148 Å². The Kier molecular flexibility index (Phi) is 4.10. The third-order valence-electron chi connectivity index (χ3n) is 4.85. The van der Waals surface area contributed by atoms with Crippen LogP contribution in [0.15, 0.2) is 72.8 Å². The van der Waals surface area contributed by atoms with Gasteiger partial charge in [0.1, 0.15) is 0 Å². The van der Waals surface area contributed by atoms with Gasteiger partial charge in [0.05, 0.1) is 11.0 Å². The van der Waals surface area contributed by atoms with E-state index in [0.29, 0.717) is 0 Å². The first kappa shape index (κ1) is 15.6. The third kappa shape index (κ3) is 2.74. The predicted molar refractivity (Wildman–Crippen MR) is 108 cm³/mol. The molecule has 4 aromatic rings. The minimum absolute atomic E-state index is 1.01. The molecule has 4 rings (SSSR count). The second-order valence-electron chi connectivity index (χ2n) is 6.24. The number of anilines is 1. The zero-order valence-electron chi connectivity index (χ0n) is 14.7. The van der Waals surface area contributed by atoms with Crippen molar-refractivity contribution in [3.05, 3.63) is 72.8 Å². The predicted octanol–water partition coefficient (Wildman–Crippen LogP) is 5.90. The van der Waals surface area contributed by atoms with Crippen LogP contribution in [0.5, 0.6) is 0 Å². The summed E-state index contributed by atoms with van der Waals surface area (Å²) in [7, 11) is 0. The van der Waals surface area contributed by atoms with E-state index in [-0.39, 0.29) is 0 Å². The van der Waals surface area contributed by atoms with Gasteiger partial charge in [0, 0.05) is 35.1 Å². The molecular formula is C23H22N2. The average molecular weight is 326 g/mol. The fourth-order valence-electron chi connectivity index (χ4n) is 3.60. The summed E-state index contributed by atoms with van der Waals surface area (Å²) < 4.78 is 0. The molecule has 0 saturated carbocycles. The molecule has 0 fully saturated rings. The maximum atomic E-state index is 4.84. The number of hydrogen-bond acceptors (Lipinski definition) is 2. The zero-order chi connectivity index (χ0) is 17.2. The molecule has 0 amide bonds. The molecule has 0 saturated heterocycles. The number of fused-ring (bicyclic) bond motifs is 2. The minimum Gasteiger partial charge on any atom is -0.372 e. The second kappa shape index (κ2) is 6.56. The molecule has 2 heteroatoms. The van der Waals surface area contributed by atoms with Crippen molar-refractivity contribution in [2.75, 3.05) is 18.0 Å². The quantitative estimate of drug-likeness (QED) is 0.434. The van der Waals surface area contributed by atoms with Crippen LogP contribution in [-0.2, 0) is 0 Å². The van der Waals surface area contributed by atoms with E-state index >= 15 is 0 Å². The average Bonchev–Trinajstić information content (AvgIpc) is 2.67. The maximum Gasteiger partial charge on any atom is 0.0715 e. The lowest BCUT2D eigenvalue weighted by molar-refractivity contribution is 0.866. The Balaban J connectivity index is 2.04. The lowest BCUT2D eigenvalue weighted by atomic mass is 9.95. The molecule has 0 unspecified atom stereocenters. The summed E-state index contributed by atoms with van der Waals surface area (Å²) in [5, 5.41) is 2.41. The number of aromatic nitrogens is 1. The molecule has 0 atom stereocenters. The molecule has 0 radical (unpaired) electrons. The summed E-state index contributed by atoms with van der Waals surface area (Å²) in [4.78, 5) is 7.23. The Morgan fingerprint density at radius 1 is 0.720 bits per heavy atom. The van der Waals surface area contributed by atoms with Gasteiger partial charge in [0.25, 0.3) is 0 Å². The molecule has 0 N–H and O–H groups in total. The molecule has 25 heavy (non-hydrogen) atoms. The molecular weight excluding hydrogens is 304 g/mol. The van der Waals surface area contributed by atoms with Crippen LogP contribution < -0.4 is 4.90 Å². The van der Waals surface area contributed by atoms with E-state index in [1.807, 2.05) is 0 Å². The topological polar surface area (TPSA) is 16.1 Å². The summed E-state index contributed by atoms with van der Waals surface area (Å²) in [6.07, 6.45) is 0. The van der Waals surface area contributed by atoms with Crippen LogP contribution in [0.4, 0.5) is 5.69 Å². The van der Waals surface area contributed by atoms with E-state index in [2.05, 4.69) is 91.5 Å². The van der Waals surface area contributed by atoms with Gasteiger partial charge in [0.15, 0.2) is 0 Å². The van der Waals surface area contributed by atoms with Crippen LogP contribution in [0.2, 0.25) is 0 Å². The molecule has 0 spiro atoms. The number of benzene rings is 3. The minimum atomic E-state index is 1.01. The number of para-hydroxylation sites is 2. The van der Waals surface area contributed by atoms with Crippen LogP contribution in [0.3, 0.4) is 0 Å². The highest BCUT2D eigenvalue weighted by molar-refractivity contribution is 6.09. The molecule has 3 aromatic carbocycles. The van der Waals surface area contributed by atoms with E-state index in [0.717, 1.165) is 24.1 Å². The van der Waals surface area contributed by atoms with Gasteiger partial charge in [-0.2, -0.15) is 0 Å². The summed E-state index contributed by atoms with van der Waals surface area (Å²) >= 11 is 0. The summed E-state index contributed by atoms with van der Waals surface area (Å²) in [6, 6.07) is 25.7. The van der Waals surface area contributed by atoms with E-state index in [9.17, 15) is 0 Å². The van der Waals surface area contributed by atoms with E-state index < -0.39 is 0 Å². The first-order valence-electron chi connectivity index (χ1n) is 8.94. The molecule has 0 aliphatic carbocycles. The van der Waals surface area contributed by atoms with Crippen molar-refractivity contribution in [1.29, 1.82) is 0 Å². The van der Waals surface area contributed by atoms with Crippen LogP contribution in [0.1, 0.15) is 13.8 Å². The summed E-state index contributed by atoms with van der Waals surface area (Å²) in [6.45, 7) is 6.43. The third-order valence-corrected chi connectivity index (χ3v) is 4.85. The highest BCUT2D eigenvalue weighted by Gasteiger charge is 2.12. The molecule has 1 heterocycles. The van der Waals surface area contributed by atoms with E-state index in [1.165, 1.54) is 27.6 Å². The first-order chi connectivity index (χ1) is 12.3. The van der Waals surface area contributed by atoms with Crippen molar-refractivity contribution in [3.63, 3.8) is 0 Å². The number of hydrogen-bond donors (Lipinski definition) is 0. The smallest absolute Gasteiger partial charge is 0.0715 e. The Hall–Kier alpha value is -2.87. The fourth-order valence-corrected chi connectivity index (χ4v) is 3.60. The molecule has 2 nitrogen and oxygen atoms in total. The first-order valence-corrected chi connectivity index (χ1v) is 8.94. The van der Waals surface area contributed by atoms with Gasteiger partial charge in [-0.05, 0) is 43.7 Å². The van der Waals surface area contributed by atoms with Crippen molar-refractivity contribution in [3.8, 4) is 11.1 Å². The van der Waals surface area contributed by atoms with E-state index in [4.69, 9.17) is 4.98 Å². The van der Waals surface area contributed by atoms with Gasteiger partial charge >= 0.3 is 0 Å². The normalized spacial score (nSPS) is 11.1. The number of nitrogens with zero attached hydrogens (tertiary/aromatic N) is 2. The van der Waals surface area contributed by atoms with Gasteiger partial charge in [0.2, 0.25) is 0 Å². The lowest BCUT2D eigenvalue weighted by Gasteiger charge is -2.22. The van der Waals surface area contributed by atoms with Crippen molar-refractivity contribution in [2.24, 2.45) is 0 Å². The number of rotatable bonds is 4. The van der Waals surface area contributed by atoms with Crippen molar-refractivity contribution in [2.45, 2.75) is 13.8 Å². The molecule has 124 valence electrons. The van der Waals surface area contributed by atoms with Gasteiger partial charge in [-0.15, -0.1) is 0 Å². The zero-order valence-corrected chi connectivity index (χ0v) is 14.7. The monoisotopic (exact) mass is 326 g/mol. The van der Waals surface area contributed by atoms with Crippen LogP contribution in [-0.4, -0.2) is 18.1 Å². The van der Waals surface area contributed by atoms with Crippen LogP contribution in [0.25, 0.3) is 32.9 Å². The van der Waals surface area contributed by atoms with Gasteiger partial charge in [-0.3, -0.25) is 0 Å². The van der Waals surface area contributed by atoms with Crippen molar-refractivity contribution < 1.29 is 0 Å². The Morgan fingerprint density at radius 2 is 1.32 bits per heavy atom. The standard InChI is InChI=1S/C23H22N2/c1-3-25(4-2)18-11-9-10-17(16-18)23-19-12-5-7-14-21(19)24-22-15-8-6-13-20(22)23/h5-16H,3-4H2,1-2H3. The summed E-state index contributed by atoms with van der Waals surface area (Å²) in [5.41, 5.74) is 5.88. The van der Waals surface area contributed by atoms with Gasteiger partial charge < -0.3 is 4.90 Å². The second-order valence-corrected chi connectivity index (χ2v) is 6.24. The van der Waals surface area contributed by atoms with Gasteiger partial charge in [-0.25, -0.2) is 4.98 Å². The maximum absolute atomic E-state index is 4.84. The molecule has 0 bridgehead atoms.